The first-order valence-corrected chi connectivity index (χ1v) is 7.25. The third-order valence-corrected chi connectivity index (χ3v) is 3.42. The molecule has 1 N–H and O–H groups in total. The van der Waals surface area contributed by atoms with Crippen LogP contribution in [0.4, 0.5) is 19.1 Å². The van der Waals surface area contributed by atoms with Crippen LogP contribution in [0.15, 0.2) is 27.8 Å². The van der Waals surface area contributed by atoms with E-state index in [-0.39, 0.29) is 17.4 Å². The summed E-state index contributed by atoms with van der Waals surface area (Å²) in [5.74, 6) is -1.32. The Morgan fingerprint density at radius 3 is 2.52 bits per heavy atom. The smallest absolute Gasteiger partial charge is 0.346 e. The largest absolute Gasteiger partial charge is 0.471 e. The van der Waals surface area contributed by atoms with Crippen molar-refractivity contribution in [3.63, 3.8) is 0 Å². The topological polar surface area (TPSA) is 89.6 Å². The Morgan fingerprint density at radius 1 is 1.22 bits per heavy atom. The average molecular weight is 342 g/mol. The number of halogens is 3. The van der Waals surface area contributed by atoms with E-state index in [1.807, 2.05) is 12.3 Å². The molecule has 0 fully saturated rings. The van der Waals surface area contributed by atoms with Crippen molar-refractivity contribution in [3.05, 3.63) is 34.9 Å². The maximum atomic E-state index is 12.4. The molecule has 0 aromatic carbocycles. The van der Waals surface area contributed by atoms with Crippen LogP contribution < -0.4 is 5.32 Å². The molecule has 23 heavy (non-hydrogen) atoms. The summed E-state index contributed by atoms with van der Waals surface area (Å²) in [7, 11) is 0. The second-order valence-corrected chi connectivity index (χ2v) is 5.21. The van der Waals surface area contributed by atoms with Gasteiger partial charge in [-0.2, -0.15) is 18.2 Å². The van der Waals surface area contributed by atoms with Crippen molar-refractivity contribution < 1.29 is 17.7 Å². The van der Waals surface area contributed by atoms with E-state index in [1.165, 1.54) is 23.7 Å². The lowest BCUT2D eigenvalue weighted by Gasteiger charge is -2.10. The van der Waals surface area contributed by atoms with Gasteiger partial charge in [-0.3, -0.25) is 0 Å². The van der Waals surface area contributed by atoms with Crippen LogP contribution in [-0.4, -0.2) is 25.1 Å². The van der Waals surface area contributed by atoms with Crippen molar-refractivity contribution in [2.24, 2.45) is 0 Å². The van der Waals surface area contributed by atoms with E-state index < -0.39 is 12.1 Å². The van der Waals surface area contributed by atoms with Gasteiger partial charge in [0, 0.05) is 17.8 Å². The van der Waals surface area contributed by atoms with Gasteiger partial charge in [-0.1, -0.05) is 5.16 Å². The highest BCUT2D eigenvalue weighted by molar-refractivity contribution is 7.07. The Balaban J connectivity index is 1.73. The molecule has 0 spiro atoms. The predicted molar refractivity (Wildman–Crippen MR) is 74.5 cm³/mol. The minimum absolute atomic E-state index is 0.103. The van der Waals surface area contributed by atoms with Crippen molar-refractivity contribution in [3.8, 4) is 11.4 Å². The lowest BCUT2D eigenvalue weighted by Crippen LogP contribution is -2.09. The minimum atomic E-state index is -4.68. The fourth-order valence-electron chi connectivity index (χ4n) is 1.68. The van der Waals surface area contributed by atoms with Crippen LogP contribution in [-0.2, 0) is 6.18 Å². The van der Waals surface area contributed by atoms with Crippen molar-refractivity contribution in [1.82, 2.24) is 25.1 Å². The van der Waals surface area contributed by atoms with Crippen molar-refractivity contribution in [1.29, 1.82) is 0 Å². The van der Waals surface area contributed by atoms with Crippen LogP contribution in [0.25, 0.3) is 11.4 Å². The maximum Gasteiger partial charge on any atom is 0.471 e. The zero-order valence-corrected chi connectivity index (χ0v) is 12.4. The molecule has 3 heterocycles. The van der Waals surface area contributed by atoms with E-state index in [0.29, 0.717) is 5.95 Å². The number of hydrogen-bond acceptors (Lipinski definition) is 8. The first kappa shape index (κ1) is 15.3. The highest BCUT2D eigenvalue weighted by atomic mass is 32.1. The summed E-state index contributed by atoms with van der Waals surface area (Å²) in [6.45, 7) is 1.89. The molecular formula is C12H9F3N6OS. The quantitative estimate of drug-likeness (QED) is 0.779. The Hall–Kier alpha value is -2.56. The van der Waals surface area contributed by atoms with Crippen molar-refractivity contribution >= 4 is 17.3 Å². The van der Waals surface area contributed by atoms with Gasteiger partial charge in [0.1, 0.15) is 0 Å². The second kappa shape index (κ2) is 5.91. The van der Waals surface area contributed by atoms with Crippen LogP contribution in [0.2, 0.25) is 0 Å². The SMILES string of the molecule is CC(Nc1ncc(-c2noc(C(F)(F)F)n2)cn1)c1cscn1. The fourth-order valence-corrected chi connectivity index (χ4v) is 2.33. The lowest BCUT2D eigenvalue weighted by molar-refractivity contribution is -0.159. The number of rotatable bonds is 4. The van der Waals surface area contributed by atoms with E-state index >= 15 is 0 Å². The van der Waals surface area contributed by atoms with Gasteiger partial charge in [0.15, 0.2) is 0 Å². The van der Waals surface area contributed by atoms with E-state index in [1.54, 1.807) is 5.51 Å². The zero-order chi connectivity index (χ0) is 16.4. The minimum Gasteiger partial charge on any atom is -0.346 e. The summed E-state index contributed by atoms with van der Waals surface area (Å²) in [5.41, 5.74) is 2.78. The molecule has 3 aromatic heterocycles. The molecule has 3 aromatic rings. The molecule has 0 radical (unpaired) electrons. The van der Waals surface area contributed by atoms with Gasteiger partial charge >= 0.3 is 12.1 Å². The molecule has 1 atom stereocenters. The fraction of sp³-hybridized carbons (Fsp3) is 0.250. The van der Waals surface area contributed by atoms with Gasteiger partial charge in [0.2, 0.25) is 11.8 Å². The van der Waals surface area contributed by atoms with Crippen molar-refractivity contribution in [2.45, 2.75) is 19.1 Å². The average Bonchev–Trinajstić information content (AvgIpc) is 3.19. The molecule has 0 saturated carbocycles. The number of nitrogens with one attached hydrogen (secondary N) is 1. The summed E-state index contributed by atoms with van der Waals surface area (Å²) >= 11 is 1.47. The van der Waals surface area contributed by atoms with Crippen LogP contribution in [0.5, 0.6) is 0 Å². The van der Waals surface area contributed by atoms with Gasteiger partial charge < -0.3 is 9.84 Å². The Labute approximate surface area is 131 Å². The molecule has 0 saturated heterocycles. The maximum absolute atomic E-state index is 12.4. The molecule has 0 amide bonds. The van der Waals surface area contributed by atoms with Crippen LogP contribution in [0.3, 0.4) is 0 Å². The van der Waals surface area contributed by atoms with E-state index in [2.05, 4.69) is 34.9 Å². The highest BCUT2D eigenvalue weighted by Gasteiger charge is 2.38. The molecule has 11 heteroatoms. The third-order valence-electron chi connectivity index (χ3n) is 2.82. The molecule has 0 aliphatic heterocycles. The summed E-state index contributed by atoms with van der Waals surface area (Å²) in [6.07, 6.45) is -2.06. The molecular weight excluding hydrogens is 333 g/mol. The van der Waals surface area contributed by atoms with Crippen LogP contribution in [0, 0.1) is 0 Å². The standard InChI is InChI=1S/C12H9F3N6OS/c1-6(8-4-23-5-18-8)19-11-16-2-7(3-17-11)9-20-10(22-21-9)12(13,14)15/h2-6H,1H3,(H,16,17,19). The Bertz CT molecular complexity index is 771. The molecule has 0 aliphatic carbocycles. The summed E-state index contributed by atoms with van der Waals surface area (Å²) < 4.78 is 41.4. The Kier molecular flexibility index (Phi) is 3.94. The number of nitrogens with zero attached hydrogens (tertiary/aromatic N) is 5. The number of aromatic nitrogens is 5. The van der Waals surface area contributed by atoms with Gasteiger partial charge in [-0.15, -0.1) is 11.3 Å². The van der Waals surface area contributed by atoms with Crippen LogP contribution in [0.1, 0.15) is 24.6 Å². The molecule has 0 aliphatic rings. The molecule has 0 bridgehead atoms. The van der Waals surface area contributed by atoms with Gasteiger partial charge in [-0.05, 0) is 6.92 Å². The number of hydrogen-bond donors (Lipinski definition) is 1. The van der Waals surface area contributed by atoms with Crippen LogP contribution >= 0.6 is 11.3 Å². The summed E-state index contributed by atoms with van der Waals surface area (Å²) in [6, 6.07) is -0.103. The lowest BCUT2D eigenvalue weighted by atomic mass is 10.3. The zero-order valence-electron chi connectivity index (χ0n) is 11.6. The second-order valence-electron chi connectivity index (χ2n) is 4.50. The molecule has 3 rings (SSSR count). The monoisotopic (exact) mass is 342 g/mol. The molecule has 1 unspecified atom stereocenters. The summed E-state index contributed by atoms with van der Waals surface area (Å²) in [4.78, 5) is 15.5. The number of thiazole rings is 1. The molecule has 120 valence electrons. The highest BCUT2D eigenvalue weighted by Crippen LogP contribution is 2.29. The Morgan fingerprint density at radius 2 is 1.96 bits per heavy atom. The van der Waals surface area contributed by atoms with Gasteiger partial charge in [-0.25, -0.2) is 15.0 Å². The summed E-state index contributed by atoms with van der Waals surface area (Å²) in [5, 5.41) is 8.19. The molecule has 7 nitrogen and oxygen atoms in total. The number of anilines is 1. The third kappa shape index (κ3) is 3.44. The van der Waals surface area contributed by atoms with Crippen molar-refractivity contribution in [2.75, 3.05) is 5.32 Å². The van der Waals surface area contributed by atoms with E-state index in [9.17, 15) is 13.2 Å². The van der Waals surface area contributed by atoms with E-state index in [4.69, 9.17) is 0 Å². The first-order chi connectivity index (χ1) is 10.9. The van der Waals surface area contributed by atoms with Gasteiger partial charge in [0.05, 0.1) is 22.8 Å². The normalized spacial score (nSPS) is 13.0. The predicted octanol–water partition coefficient (Wildman–Crippen LogP) is 3.18. The first-order valence-electron chi connectivity index (χ1n) is 6.31. The number of alkyl halides is 3. The van der Waals surface area contributed by atoms with Gasteiger partial charge in [0.25, 0.3) is 0 Å². The van der Waals surface area contributed by atoms with E-state index in [0.717, 1.165) is 5.69 Å².